The fourth-order valence-corrected chi connectivity index (χ4v) is 2.06. The molecule has 1 aliphatic carbocycles. The quantitative estimate of drug-likeness (QED) is 0.558. The topological polar surface area (TPSA) is 21.6 Å². The number of benzene rings is 1. The van der Waals surface area contributed by atoms with E-state index in [0.29, 0.717) is 6.10 Å². The molecule has 2 rings (SSSR count). The van der Waals surface area contributed by atoms with Crippen LogP contribution in [0.5, 0.6) is 0 Å². The number of hydrogen-bond acceptors (Lipinski definition) is 2. The minimum atomic E-state index is 0.352. The number of hydrogen-bond donors (Lipinski definition) is 0. The molecule has 2 nitrogen and oxygen atoms in total. The molecule has 0 bridgehead atoms. The molecule has 1 saturated carbocycles. The van der Waals surface area contributed by atoms with Gasteiger partial charge < -0.3 is 4.84 Å². The second-order valence-corrected chi connectivity index (χ2v) is 4.34. The van der Waals surface area contributed by atoms with E-state index in [1.807, 2.05) is 6.21 Å². The lowest BCUT2D eigenvalue weighted by molar-refractivity contribution is 0.0657. The maximum atomic E-state index is 5.45. The molecule has 0 atom stereocenters. The molecule has 0 N–H and O–H groups in total. The van der Waals surface area contributed by atoms with Crippen molar-refractivity contribution in [1.29, 1.82) is 0 Å². The van der Waals surface area contributed by atoms with Gasteiger partial charge in [-0.1, -0.05) is 36.3 Å². The van der Waals surface area contributed by atoms with E-state index in [9.17, 15) is 0 Å². The van der Waals surface area contributed by atoms with Gasteiger partial charge in [-0.25, -0.2) is 0 Å². The van der Waals surface area contributed by atoms with Crippen LogP contribution in [-0.2, 0) is 11.3 Å². The van der Waals surface area contributed by atoms with Crippen molar-refractivity contribution in [2.24, 2.45) is 5.16 Å². The van der Waals surface area contributed by atoms with Crippen molar-refractivity contribution in [2.45, 2.75) is 45.1 Å². The summed E-state index contributed by atoms with van der Waals surface area (Å²) in [5, 5.41) is 4.07. The molecule has 1 aromatic carbocycles. The third kappa shape index (κ3) is 3.09. The molecule has 0 saturated heterocycles. The van der Waals surface area contributed by atoms with Crippen LogP contribution in [0, 0.1) is 0 Å². The summed E-state index contributed by atoms with van der Waals surface area (Å²) in [5.74, 6) is 0. The lowest BCUT2D eigenvalue weighted by Gasteiger charge is -2.05. The van der Waals surface area contributed by atoms with Gasteiger partial charge in [-0.05, 0) is 43.2 Å². The lowest BCUT2D eigenvalue weighted by Crippen LogP contribution is -2.02. The van der Waals surface area contributed by atoms with Gasteiger partial charge in [0.1, 0.15) is 6.10 Å². The first kappa shape index (κ1) is 11.2. The molecule has 16 heavy (non-hydrogen) atoms. The van der Waals surface area contributed by atoms with Crippen LogP contribution < -0.4 is 0 Å². The molecule has 0 aliphatic heterocycles. The van der Waals surface area contributed by atoms with Crippen LogP contribution in [0.3, 0.4) is 0 Å². The first-order valence-corrected chi connectivity index (χ1v) is 6.16. The van der Waals surface area contributed by atoms with Gasteiger partial charge >= 0.3 is 0 Å². The second kappa shape index (κ2) is 5.69. The molecule has 0 amide bonds. The Balaban J connectivity index is 1.89. The summed E-state index contributed by atoms with van der Waals surface area (Å²) in [7, 11) is 0. The number of nitrogens with zero attached hydrogens (tertiary/aromatic N) is 1. The fourth-order valence-electron chi connectivity index (χ4n) is 2.06. The highest BCUT2D eigenvalue weighted by Gasteiger charge is 2.15. The standard InChI is InChI=1S/C14H19NO/c1-2-12-6-5-7-13(10-12)11-15-16-14-8-3-4-9-14/h5-7,10-11,14H,2-4,8-9H2,1H3. The highest BCUT2D eigenvalue weighted by molar-refractivity contribution is 5.79. The Hall–Kier alpha value is -1.31. The van der Waals surface area contributed by atoms with Crippen LogP contribution in [0.25, 0.3) is 0 Å². The first-order valence-electron chi connectivity index (χ1n) is 6.16. The number of oxime groups is 1. The monoisotopic (exact) mass is 217 g/mol. The van der Waals surface area contributed by atoms with Gasteiger partial charge in [0, 0.05) is 0 Å². The summed E-state index contributed by atoms with van der Waals surface area (Å²) in [6, 6.07) is 8.41. The third-order valence-corrected chi connectivity index (χ3v) is 3.07. The zero-order chi connectivity index (χ0) is 11.2. The summed E-state index contributed by atoms with van der Waals surface area (Å²) in [4.78, 5) is 5.45. The van der Waals surface area contributed by atoms with Crippen molar-refractivity contribution in [3.05, 3.63) is 35.4 Å². The average Bonchev–Trinajstić information content (AvgIpc) is 2.82. The largest absolute Gasteiger partial charge is 0.393 e. The molecule has 0 radical (unpaired) electrons. The normalized spacial score (nSPS) is 17.1. The van der Waals surface area contributed by atoms with E-state index in [2.05, 4.69) is 36.3 Å². The van der Waals surface area contributed by atoms with E-state index in [0.717, 1.165) is 24.8 Å². The molecule has 0 spiro atoms. The summed E-state index contributed by atoms with van der Waals surface area (Å²) in [5.41, 5.74) is 2.46. The van der Waals surface area contributed by atoms with E-state index in [1.165, 1.54) is 18.4 Å². The van der Waals surface area contributed by atoms with E-state index < -0.39 is 0 Å². The molecular weight excluding hydrogens is 198 g/mol. The Kier molecular flexibility index (Phi) is 3.97. The van der Waals surface area contributed by atoms with Gasteiger partial charge in [-0.3, -0.25) is 0 Å². The van der Waals surface area contributed by atoms with E-state index in [-0.39, 0.29) is 0 Å². The Morgan fingerprint density at radius 2 is 2.19 bits per heavy atom. The fraction of sp³-hybridized carbons (Fsp3) is 0.500. The van der Waals surface area contributed by atoms with Crippen molar-refractivity contribution >= 4 is 6.21 Å². The predicted octanol–water partition coefficient (Wildman–Crippen LogP) is 3.54. The van der Waals surface area contributed by atoms with Crippen LogP contribution in [0.2, 0.25) is 0 Å². The zero-order valence-corrected chi connectivity index (χ0v) is 9.86. The third-order valence-electron chi connectivity index (χ3n) is 3.07. The van der Waals surface area contributed by atoms with Crippen LogP contribution in [-0.4, -0.2) is 12.3 Å². The molecule has 0 aromatic heterocycles. The first-order chi connectivity index (χ1) is 7.88. The number of aryl methyl sites for hydroxylation is 1. The molecular formula is C14H19NO. The summed E-state index contributed by atoms with van der Waals surface area (Å²) in [6.07, 6.45) is 8.11. The Morgan fingerprint density at radius 3 is 2.94 bits per heavy atom. The van der Waals surface area contributed by atoms with Crippen molar-refractivity contribution in [3.8, 4) is 0 Å². The van der Waals surface area contributed by atoms with E-state index >= 15 is 0 Å². The van der Waals surface area contributed by atoms with Crippen LogP contribution >= 0.6 is 0 Å². The maximum absolute atomic E-state index is 5.45. The molecule has 1 fully saturated rings. The lowest BCUT2D eigenvalue weighted by atomic mass is 10.1. The molecule has 0 heterocycles. The minimum absolute atomic E-state index is 0.352. The van der Waals surface area contributed by atoms with Crippen LogP contribution in [0.1, 0.15) is 43.7 Å². The van der Waals surface area contributed by atoms with Gasteiger partial charge in [0.05, 0.1) is 6.21 Å². The van der Waals surface area contributed by atoms with Crippen LogP contribution in [0.4, 0.5) is 0 Å². The number of rotatable bonds is 4. The average molecular weight is 217 g/mol. The van der Waals surface area contributed by atoms with Crippen molar-refractivity contribution in [2.75, 3.05) is 0 Å². The zero-order valence-electron chi connectivity index (χ0n) is 9.86. The summed E-state index contributed by atoms with van der Waals surface area (Å²) in [6.45, 7) is 2.16. The highest BCUT2D eigenvalue weighted by Crippen LogP contribution is 2.20. The van der Waals surface area contributed by atoms with Crippen molar-refractivity contribution < 1.29 is 4.84 Å². The Bertz CT molecular complexity index is 354. The van der Waals surface area contributed by atoms with E-state index in [1.54, 1.807) is 0 Å². The van der Waals surface area contributed by atoms with Crippen LogP contribution in [0.15, 0.2) is 29.4 Å². The van der Waals surface area contributed by atoms with E-state index in [4.69, 9.17) is 4.84 Å². The van der Waals surface area contributed by atoms with Gasteiger partial charge in [0.2, 0.25) is 0 Å². The molecule has 86 valence electrons. The van der Waals surface area contributed by atoms with Gasteiger partial charge in [-0.2, -0.15) is 0 Å². The minimum Gasteiger partial charge on any atom is -0.393 e. The predicted molar refractivity (Wildman–Crippen MR) is 66.8 cm³/mol. The highest BCUT2D eigenvalue weighted by atomic mass is 16.6. The maximum Gasteiger partial charge on any atom is 0.127 e. The Morgan fingerprint density at radius 1 is 1.38 bits per heavy atom. The Labute approximate surface area is 97.3 Å². The second-order valence-electron chi connectivity index (χ2n) is 4.34. The van der Waals surface area contributed by atoms with Crippen molar-refractivity contribution in [3.63, 3.8) is 0 Å². The summed E-state index contributed by atoms with van der Waals surface area (Å²) < 4.78 is 0. The molecule has 1 aromatic rings. The van der Waals surface area contributed by atoms with Gasteiger partial charge in [0.15, 0.2) is 0 Å². The molecule has 0 unspecified atom stereocenters. The smallest absolute Gasteiger partial charge is 0.127 e. The molecule has 2 heteroatoms. The van der Waals surface area contributed by atoms with Gasteiger partial charge in [0.25, 0.3) is 0 Å². The van der Waals surface area contributed by atoms with Crippen molar-refractivity contribution in [1.82, 2.24) is 0 Å². The SMILES string of the molecule is CCc1cccc(C=NOC2CCCC2)c1. The van der Waals surface area contributed by atoms with Gasteiger partial charge in [-0.15, -0.1) is 0 Å². The molecule has 1 aliphatic rings. The summed E-state index contributed by atoms with van der Waals surface area (Å²) >= 11 is 0.